The average Bonchev–Trinajstić information content (AvgIpc) is 3.45. The van der Waals surface area contributed by atoms with Crippen molar-refractivity contribution in [3.63, 3.8) is 0 Å². The normalized spacial score (nSPS) is 14.3. The molecule has 0 N–H and O–H groups in total. The molecule has 4 rings (SSSR count). The Kier molecular flexibility index (Phi) is 17.7. The zero-order valence-electron chi connectivity index (χ0n) is 38.2. The van der Waals surface area contributed by atoms with Crippen molar-refractivity contribution in [1.29, 1.82) is 0 Å². The molecule has 0 aliphatic heterocycles. The molecule has 1 aliphatic rings. The second kappa shape index (κ2) is 18.1. The molecule has 0 unspecified atom stereocenters. The molecule has 0 atom stereocenters. The minimum absolute atomic E-state index is 0. The smallest absolute Gasteiger partial charge is 1.00 e. The molecule has 0 amide bonds. The van der Waals surface area contributed by atoms with Gasteiger partial charge in [0.1, 0.15) is 0 Å². The Morgan fingerprint density at radius 1 is 0.418 bits per heavy atom. The van der Waals surface area contributed by atoms with E-state index in [-0.39, 0.29) is 91.4 Å². The van der Waals surface area contributed by atoms with Gasteiger partial charge in [-0.05, 0) is 81.4 Å². The number of halogens is 3. The minimum Gasteiger partial charge on any atom is -1.00 e. The molecule has 0 bridgehead atoms. The van der Waals surface area contributed by atoms with E-state index < -0.39 is 8.07 Å². The molecule has 0 saturated carbocycles. The Morgan fingerprint density at radius 2 is 0.636 bits per heavy atom. The monoisotopic (exact) mass is 854 g/mol. The Hall–Kier alpha value is -1.06. The first-order valence-corrected chi connectivity index (χ1v) is 21.7. The van der Waals surface area contributed by atoms with E-state index in [1.165, 1.54) is 59.7 Å². The van der Waals surface area contributed by atoms with Crippen molar-refractivity contribution < 1.29 is 58.9 Å². The summed E-state index contributed by atoms with van der Waals surface area (Å²) in [6.45, 7) is 47.6. The number of allylic oxidation sites excluding steroid dienone is 4. The van der Waals surface area contributed by atoms with Crippen molar-refractivity contribution in [2.24, 2.45) is 5.92 Å². The van der Waals surface area contributed by atoms with Crippen LogP contribution in [-0.4, -0.2) is 8.07 Å². The largest absolute Gasteiger partial charge is 4.00 e. The van der Waals surface area contributed by atoms with Crippen molar-refractivity contribution in [3.8, 4) is 0 Å². The van der Waals surface area contributed by atoms with Crippen LogP contribution in [0.15, 0.2) is 71.4 Å². The molecule has 0 heterocycles. The summed E-state index contributed by atoms with van der Waals surface area (Å²) in [5.74, 6) is 0.428. The molecular formula is C50H73Cl3SiTi. The van der Waals surface area contributed by atoms with Crippen LogP contribution in [0, 0.1) is 12.0 Å². The Bertz CT molecular complexity index is 1560. The number of hydrogen-bond acceptors (Lipinski definition) is 0. The minimum atomic E-state index is -2.99. The predicted molar refractivity (Wildman–Crippen MR) is 230 cm³/mol. The number of hydrogen-bond donors (Lipinski definition) is 0. The summed E-state index contributed by atoms with van der Waals surface area (Å²) in [5, 5.41) is 5.99. The third-order valence-corrected chi connectivity index (χ3v) is 15.9. The summed E-state index contributed by atoms with van der Waals surface area (Å²) in [6.07, 6.45) is 7.66. The second-order valence-electron chi connectivity index (χ2n) is 22.3. The van der Waals surface area contributed by atoms with Crippen LogP contribution < -0.4 is 52.8 Å². The zero-order valence-corrected chi connectivity index (χ0v) is 43.0. The van der Waals surface area contributed by atoms with Gasteiger partial charge in [-0.15, -0.1) is 0 Å². The predicted octanol–water partition coefficient (Wildman–Crippen LogP) is 3.21. The van der Waals surface area contributed by atoms with Crippen LogP contribution in [0.3, 0.4) is 0 Å². The molecule has 3 aromatic rings. The molecule has 0 spiro atoms. The maximum atomic E-state index is 4.22. The maximum absolute atomic E-state index is 4.22. The molecule has 0 fully saturated rings. The average molecular weight is 856 g/mol. The van der Waals surface area contributed by atoms with Crippen LogP contribution >= 0.6 is 0 Å². The van der Waals surface area contributed by atoms with Crippen LogP contribution in [0.2, 0.25) is 0 Å². The van der Waals surface area contributed by atoms with E-state index in [4.69, 9.17) is 0 Å². The third-order valence-electron chi connectivity index (χ3n) is 11.2. The molecule has 0 nitrogen and oxygen atoms in total. The van der Waals surface area contributed by atoms with Gasteiger partial charge in [-0.2, -0.15) is 5.20 Å². The molecule has 55 heavy (non-hydrogen) atoms. The molecule has 0 radical (unpaired) electrons. The summed E-state index contributed by atoms with van der Waals surface area (Å²) in [4.78, 5) is 0. The van der Waals surface area contributed by atoms with Gasteiger partial charge in [-0.1, -0.05) is 205 Å². The van der Waals surface area contributed by atoms with E-state index in [1.54, 1.807) is 0 Å². The van der Waals surface area contributed by atoms with Gasteiger partial charge >= 0.3 is 21.7 Å². The van der Waals surface area contributed by atoms with E-state index in [2.05, 4.69) is 205 Å². The molecule has 0 saturated heterocycles. The van der Waals surface area contributed by atoms with Crippen LogP contribution in [0.5, 0.6) is 0 Å². The fraction of sp³-hybridized carbons (Fsp3) is 0.560. The van der Waals surface area contributed by atoms with E-state index >= 15 is 0 Å². The van der Waals surface area contributed by atoms with E-state index in [0.29, 0.717) is 5.92 Å². The SMILES string of the molecule is CC(C)C1=CCC([Si](c2cc(C(C)(C)C)cc(C(C)(C)C)c2)(c2cc(C(C)(C)C)cc(C(C)(C)C)c2)c2cc(C(C)(C)C)cc(C(C)(C)C)c2)=[C-]1.[Cl-].[Cl-].[Cl-].[Ti+4]. The van der Waals surface area contributed by atoms with Crippen LogP contribution in [-0.2, 0) is 54.2 Å². The summed E-state index contributed by atoms with van der Waals surface area (Å²) in [7, 11) is -2.99. The second-order valence-corrected chi connectivity index (χ2v) is 26.1. The molecule has 5 heteroatoms. The molecule has 302 valence electrons. The van der Waals surface area contributed by atoms with Crippen molar-refractivity contribution in [2.75, 3.05) is 0 Å². The third kappa shape index (κ3) is 11.8. The quantitative estimate of drug-likeness (QED) is 0.211. The van der Waals surface area contributed by atoms with Gasteiger partial charge in [0.25, 0.3) is 0 Å². The Morgan fingerprint density at radius 3 is 0.800 bits per heavy atom. The zero-order chi connectivity index (χ0) is 38.9. The molecular weight excluding hydrogens is 783 g/mol. The first kappa shape index (κ1) is 53.9. The van der Waals surface area contributed by atoms with Gasteiger partial charge < -0.3 is 37.2 Å². The van der Waals surface area contributed by atoms with E-state index in [0.717, 1.165) is 6.42 Å². The van der Waals surface area contributed by atoms with Gasteiger partial charge in [0.15, 0.2) is 8.07 Å². The number of rotatable bonds is 5. The summed E-state index contributed by atoms with van der Waals surface area (Å²) in [5.41, 5.74) is 9.87. The fourth-order valence-electron chi connectivity index (χ4n) is 7.27. The first-order valence-electron chi connectivity index (χ1n) is 19.7. The van der Waals surface area contributed by atoms with Gasteiger partial charge in [0.05, 0.1) is 0 Å². The van der Waals surface area contributed by atoms with Crippen LogP contribution in [0.4, 0.5) is 0 Å². The van der Waals surface area contributed by atoms with Crippen molar-refractivity contribution in [3.05, 3.63) is 111 Å². The van der Waals surface area contributed by atoms with Crippen molar-refractivity contribution in [1.82, 2.24) is 0 Å². The van der Waals surface area contributed by atoms with E-state index in [1.807, 2.05) is 0 Å². The number of benzene rings is 3. The van der Waals surface area contributed by atoms with Crippen LogP contribution in [0.1, 0.15) is 178 Å². The van der Waals surface area contributed by atoms with Gasteiger partial charge in [-0.25, -0.2) is 11.6 Å². The maximum Gasteiger partial charge on any atom is 4.00 e. The topological polar surface area (TPSA) is 0 Å². The van der Waals surface area contributed by atoms with Gasteiger partial charge in [0, 0.05) is 0 Å². The fourth-order valence-corrected chi connectivity index (χ4v) is 12.3. The summed E-state index contributed by atoms with van der Waals surface area (Å²) < 4.78 is 0. The van der Waals surface area contributed by atoms with Crippen LogP contribution in [0.25, 0.3) is 0 Å². The first-order chi connectivity index (χ1) is 22.9. The van der Waals surface area contributed by atoms with Gasteiger partial charge in [0.2, 0.25) is 0 Å². The van der Waals surface area contributed by atoms with Crippen molar-refractivity contribution >= 4 is 23.6 Å². The summed E-state index contributed by atoms with van der Waals surface area (Å²) >= 11 is 0. The summed E-state index contributed by atoms with van der Waals surface area (Å²) in [6, 6.07) is 23.3. The van der Waals surface area contributed by atoms with Crippen molar-refractivity contribution in [2.45, 2.75) is 177 Å². The molecule has 1 aliphatic carbocycles. The molecule has 0 aromatic heterocycles. The van der Waals surface area contributed by atoms with Gasteiger partial charge in [-0.3, -0.25) is 6.08 Å². The Balaban J connectivity index is 0.00000729. The van der Waals surface area contributed by atoms with E-state index in [9.17, 15) is 0 Å². The standard InChI is InChI=1S/C50H73Si.3ClH.Ti/c1-33(2)34-21-22-41(23-34)51(42-27-35(45(3,4)5)24-36(28-42)46(6,7)8,43-29-37(47(9,10)11)25-38(30-43)48(12,13)14)44-31-39(49(15,16)17)26-40(32-44)50(18,19)20;;;;/h21,24-33H,22H2,1-20H3;3*1H;/q-1;;;;+4/p-3. The Labute approximate surface area is 374 Å². The molecule has 3 aromatic carbocycles.